The first-order chi connectivity index (χ1) is 9.15. The van der Waals surface area contributed by atoms with Crippen LogP contribution < -0.4 is 10.1 Å². The Balaban J connectivity index is 2.33. The number of methoxy groups -OCH3 is 2. The Labute approximate surface area is 116 Å². The lowest BCUT2D eigenvalue weighted by atomic mass is 10.2. The van der Waals surface area contributed by atoms with E-state index in [9.17, 15) is 0 Å². The minimum Gasteiger partial charge on any atom is -0.491 e. The highest BCUT2D eigenvalue weighted by Gasteiger charge is 2.05. The molecule has 19 heavy (non-hydrogen) atoms. The van der Waals surface area contributed by atoms with Gasteiger partial charge in [0.2, 0.25) is 0 Å². The number of nitrogens with one attached hydrogen (secondary N) is 1. The van der Waals surface area contributed by atoms with Crippen molar-refractivity contribution in [2.75, 3.05) is 27.4 Å². The van der Waals surface area contributed by atoms with Crippen molar-refractivity contribution in [2.24, 2.45) is 0 Å². The van der Waals surface area contributed by atoms with E-state index in [-0.39, 0.29) is 12.2 Å². The molecule has 0 aliphatic heterocycles. The average Bonchev–Trinajstić information content (AvgIpc) is 2.39. The van der Waals surface area contributed by atoms with Crippen LogP contribution in [-0.4, -0.2) is 39.6 Å². The molecule has 0 heterocycles. The molecule has 1 N–H and O–H groups in total. The Hall–Kier alpha value is -1.10. The minimum absolute atomic E-state index is 0.0912. The van der Waals surface area contributed by atoms with Crippen molar-refractivity contribution in [3.63, 3.8) is 0 Å². The lowest BCUT2D eigenvalue weighted by Crippen LogP contribution is -2.31. The van der Waals surface area contributed by atoms with Crippen LogP contribution in [0.2, 0.25) is 0 Å². The van der Waals surface area contributed by atoms with Gasteiger partial charge in [-0.3, -0.25) is 0 Å². The van der Waals surface area contributed by atoms with Crippen molar-refractivity contribution in [3.05, 3.63) is 29.8 Å². The van der Waals surface area contributed by atoms with E-state index in [4.69, 9.17) is 14.2 Å². The van der Waals surface area contributed by atoms with Crippen LogP contribution in [0.25, 0.3) is 0 Å². The fraction of sp³-hybridized carbons (Fsp3) is 0.600. The second-order valence-corrected chi connectivity index (χ2v) is 4.75. The van der Waals surface area contributed by atoms with Crippen LogP contribution in [0, 0.1) is 0 Å². The van der Waals surface area contributed by atoms with Gasteiger partial charge in [-0.05, 0) is 31.5 Å². The third-order valence-electron chi connectivity index (χ3n) is 2.68. The van der Waals surface area contributed by atoms with Crippen LogP contribution >= 0.6 is 0 Å². The zero-order valence-electron chi connectivity index (χ0n) is 12.3. The molecule has 0 aliphatic rings. The Morgan fingerprint density at radius 1 is 1.11 bits per heavy atom. The van der Waals surface area contributed by atoms with Gasteiger partial charge in [0.05, 0.1) is 18.8 Å². The largest absolute Gasteiger partial charge is 0.491 e. The van der Waals surface area contributed by atoms with Gasteiger partial charge >= 0.3 is 0 Å². The summed E-state index contributed by atoms with van der Waals surface area (Å²) in [5.41, 5.74) is 1.23. The number of hydrogen-bond acceptors (Lipinski definition) is 4. The highest BCUT2D eigenvalue weighted by atomic mass is 16.5. The molecule has 0 spiro atoms. The summed E-state index contributed by atoms with van der Waals surface area (Å²) in [4.78, 5) is 0. The summed E-state index contributed by atoms with van der Waals surface area (Å²) in [5, 5.41) is 3.35. The number of ether oxygens (including phenoxy) is 3. The molecular weight excluding hydrogens is 242 g/mol. The molecule has 1 aromatic rings. The quantitative estimate of drug-likeness (QED) is 0.745. The Morgan fingerprint density at radius 2 is 1.79 bits per heavy atom. The summed E-state index contributed by atoms with van der Waals surface area (Å²) in [5.74, 6) is 0.910. The van der Waals surface area contributed by atoms with Crippen molar-refractivity contribution >= 4 is 0 Å². The van der Waals surface area contributed by atoms with Crippen LogP contribution in [0.3, 0.4) is 0 Å². The second-order valence-electron chi connectivity index (χ2n) is 4.75. The monoisotopic (exact) mass is 267 g/mol. The Kier molecular flexibility index (Phi) is 7.48. The first kappa shape index (κ1) is 16.0. The standard InChI is InChI=1S/C15H25NO3/c1-12(2)19-14-7-5-13(6-8-14)9-16-10-15(18-4)11-17-3/h5-8,12,15-16H,9-11H2,1-4H3. The smallest absolute Gasteiger partial charge is 0.119 e. The molecule has 0 saturated carbocycles. The van der Waals surface area contributed by atoms with Crippen LogP contribution in [-0.2, 0) is 16.0 Å². The molecule has 1 aromatic carbocycles. The maximum atomic E-state index is 5.60. The maximum Gasteiger partial charge on any atom is 0.119 e. The summed E-state index contributed by atoms with van der Waals surface area (Å²) in [6.07, 6.45) is 0.300. The molecule has 108 valence electrons. The maximum absolute atomic E-state index is 5.60. The number of benzene rings is 1. The molecule has 0 radical (unpaired) electrons. The number of hydrogen-bond donors (Lipinski definition) is 1. The molecule has 0 aromatic heterocycles. The van der Waals surface area contributed by atoms with Crippen LogP contribution in [0.1, 0.15) is 19.4 Å². The first-order valence-corrected chi connectivity index (χ1v) is 6.63. The Morgan fingerprint density at radius 3 is 2.32 bits per heavy atom. The predicted molar refractivity (Wildman–Crippen MR) is 76.6 cm³/mol. The van der Waals surface area contributed by atoms with Gasteiger partial charge in [0.15, 0.2) is 0 Å². The van der Waals surface area contributed by atoms with Gasteiger partial charge in [-0.15, -0.1) is 0 Å². The molecule has 0 bridgehead atoms. The highest BCUT2D eigenvalue weighted by Crippen LogP contribution is 2.13. The zero-order chi connectivity index (χ0) is 14.1. The summed E-state index contributed by atoms with van der Waals surface area (Å²) in [6.45, 7) is 6.23. The third kappa shape index (κ3) is 6.57. The van der Waals surface area contributed by atoms with Crippen molar-refractivity contribution < 1.29 is 14.2 Å². The zero-order valence-corrected chi connectivity index (χ0v) is 12.3. The molecule has 0 amide bonds. The van der Waals surface area contributed by atoms with Gasteiger partial charge in [0.1, 0.15) is 5.75 Å². The summed E-state index contributed by atoms with van der Waals surface area (Å²) in [7, 11) is 3.38. The lowest BCUT2D eigenvalue weighted by molar-refractivity contribution is 0.0288. The highest BCUT2D eigenvalue weighted by molar-refractivity contribution is 5.27. The van der Waals surface area contributed by atoms with E-state index in [1.807, 2.05) is 26.0 Å². The van der Waals surface area contributed by atoms with E-state index in [0.29, 0.717) is 6.61 Å². The van der Waals surface area contributed by atoms with Gasteiger partial charge in [-0.25, -0.2) is 0 Å². The van der Waals surface area contributed by atoms with E-state index >= 15 is 0 Å². The molecule has 0 aliphatic carbocycles. The second kappa shape index (κ2) is 8.91. The first-order valence-electron chi connectivity index (χ1n) is 6.63. The van der Waals surface area contributed by atoms with Crippen molar-refractivity contribution in [1.82, 2.24) is 5.32 Å². The van der Waals surface area contributed by atoms with E-state index in [1.165, 1.54) is 5.56 Å². The lowest BCUT2D eigenvalue weighted by Gasteiger charge is -2.15. The summed E-state index contributed by atoms with van der Waals surface area (Å²) >= 11 is 0. The Bertz CT molecular complexity index is 338. The number of rotatable bonds is 9. The SMILES string of the molecule is COCC(CNCc1ccc(OC(C)C)cc1)OC. The fourth-order valence-electron chi connectivity index (χ4n) is 1.73. The van der Waals surface area contributed by atoms with Gasteiger partial charge < -0.3 is 19.5 Å². The molecule has 0 saturated heterocycles. The summed E-state index contributed by atoms with van der Waals surface area (Å²) < 4.78 is 16.0. The average molecular weight is 267 g/mol. The molecule has 4 nitrogen and oxygen atoms in total. The van der Waals surface area contributed by atoms with Crippen molar-refractivity contribution in [3.8, 4) is 5.75 Å². The predicted octanol–water partition coefficient (Wildman–Crippen LogP) is 2.22. The van der Waals surface area contributed by atoms with Crippen LogP contribution in [0.15, 0.2) is 24.3 Å². The van der Waals surface area contributed by atoms with E-state index < -0.39 is 0 Å². The molecule has 1 rings (SSSR count). The third-order valence-corrected chi connectivity index (χ3v) is 2.68. The molecule has 4 heteroatoms. The van der Waals surface area contributed by atoms with Crippen molar-refractivity contribution in [1.29, 1.82) is 0 Å². The van der Waals surface area contributed by atoms with E-state index in [2.05, 4.69) is 17.4 Å². The van der Waals surface area contributed by atoms with E-state index in [0.717, 1.165) is 18.8 Å². The molecule has 0 fully saturated rings. The van der Waals surface area contributed by atoms with Crippen molar-refractivity contribution in [2.45, 2.75) is 32.6 Å². The van der Waals surface area contributed by atoms with Crippen LogP contribution in [0.4, 0.5) is 0 Å². The van der Waals surface area contributed by atoms with E-state index in [1.54, 1.807) is 14.2 Å². The van der Waals surface area contributed by atoms with Crippen LogP contribution in [0.5, 0.6) is 5.75 Å². The fourth-order valence-corrected chi connectivity index (χ4v) is 1.73. The molecule has 1 unspecified atom stereocenters. The van der Waals surface area contributed by atoms with Gasteiger partial charge in [-0.2, -0.15) is 0 Å². The topological polar surface area (TPSA) is 39.7 Å². The molecular formula is C15H25NO3. The molecule has 1 atom stereocenters. The normalized spacial score (nSPS) is 12.7. The van der Waals surface area contributed by atoms with Gasteiger partial charge in [-0.1, -0.05) is 12.1 Å². The minimum atomic E-state index is 0.0912. The van der Waals surface area contributed by atoms with Gasteiger partial charge in [0.25, 0.3) is 0 Å². The van der Waals surface area contributed by atoms with Gasteiger partial charge in [0, 0.05) is 27.3 Å². The summed E-state index contributed by atoms with van der Waals surface area (Å²) in [6, 6.07) is 8.14.